The van der Waals surface area contributed by atoms with Gasteiger partial charge in [0.25, 0.3) is 5.88 Å². The molecule has 0 saturated carbocycles. The van der Waals surface area contributed by atoms with E-state index in [1.807, 2.05) is 0 Å². The van der Waals surface area contributed by atoms with Gasteiger partial charge >= 0.3 is 21.6 Å². The summed E-state index contributed by atoms with van der Waals surface area (Å²) in [6.45, 7) is 0. The minimum absolute atomic E-state index is 0.0818. The molecule has 0 saturated heterocycles. The van der Waals surface area contributed by atoms with Crippen molar-refractivity contribution >= 4 is 21.6 Å². The van der Waals surface area contributed by atoms with Gasteiger partial charge in [-0.1, -0.05) is 0 Å². The van der Waals surface area contributed by atoms with Crippen LogP contribution in [-0.2, 0) is 14.9 Å². The highest BCUT2D eigenvalue weighted by atomic mass is 32.2. The van der Waals surface area contributed by atoms with E-state index in [9.17, 15) is 26.4 Å². The van der Waals surface area contributed by atoms with Crippen molar-refractivity contribution in [1.82, 2.24) is 9.61 Å². The van der Waals surface area contributed by atoms with Crippen LogP contribution in [0.4, 0.5) is 13.2 Å². The average molecular weight is 324 g/mol. The topological polar surface area (TPSA) is 87.0 Å². The van der Waals surface area contributed by atoms with Gasteiger partial charge in [0.05, 0.1) is 18.2 Å². The van der Waals surface area contributed by atoms with E-state index in [0.29, 0.717) is 0 Å². The van der Waals surface area contributed by atoms with Gasteiger partial charge in [0.1, 0.15) is 0 Å². The number of pyridine rings is 1. The fraction of sp³-hybridized carbons (Fsp3) is 0.200. The Morgan fingerprint density at radius 3 is 2.57 bits per heavy atom. The number of hydrogen-bond donors (Lipinski definition) is 0. The van der Waals surface area contributed by atoms with E-state index in [-0.39, 0.29) is 11.1 Å². The third kappa shape index (κ3) is 2.91. The van der Waals surface area contributed by atoms with Crippen molar-refractivity contribution in [3.05, 3.63) is 30.0 Å². The zero-order valence-electron chi connectivity index (χ0n) is 10.3. The summed E-state index contributed by atoms with van der Waals surface area (Å²) in [6, 6.07) is 3.65. The summed E-state index contributed by atoms with van der Waals surface area (Å²) in [4.78, 5) is 11.3. The van der Waals surface area contributed by atoms with Crippen molar-refractivity contribution in [3.8, 4) is 5.88 Å². The van der Waals surface area contributed by atoms with Crippen LogP contribution < -0.4 is 4.18 Å². The molecule has 114 valence electrons. The van der Waals surface area contributed by atoms with Gasteiger partial charge in [0.15, 0.2) is 0 Å². The molecule has 7 nitrogen and oxygen atoms in total. The highest BCUT2D eigenvalue weighted by Gasteiger charge is 2.49. The molecule has 0 aliphatic heterocycles. The molecule has 2 heterocycles. The Hall–Kier alpha value is -2.30. The Labute approximate surface area is 116 Å². The van der Waals surface area contributed by atoms with Crippen molar-refractivity contribution in [2.45, 2.75) is 5.51 Å². The molecule has 2 aromatic rings. The van der Waals surface area contributed by atoms with E-state index < -0.39 is 27.5 Å². The number of aromatic nitrogens is 2. The number of halogens is 3. The van der Waals surface area contributed by atoms with Crippen LogP contribution in [0.1, 0.15) is 10.4 Å². The number of hydrogen-bond acceptors (Lipinski definition) is 6. The van der Waals surface area contributed by atoms with Gasteiger partial charge in [-0.05, 0) is 12.1 Å². The third-order valence-corrected chi connectivity index (χ3v) is 3.29. The first-order valence-electron chi connectivity index (χ1n) is 5.22. The highest BCUT2D eigenvalue weighted by molar-refractivity contribution is 7.87. The zero-order chi connectivity index (χ0) is 15.8. The predicted octanol–water partition coefficient (Wildman–Crippen LogP) is 1.35. The number of rotatable bonds is 3. The van der Waals surface area contributed by atoms with Crippen LogP contribution in [0.5, 0.6) is 5.88 Å². The lowest BCUT2D eigenvalue weighted by atomic mass is 10.3. The number of esters is 1. The van der Waals surface area contributed by atoms with Crippen molar-refractivity contribution in [1.29, 1.82) is 0 Å². The van der Waals surface area contributed by atoms with Gasteiger partial charge < -0.3 is 8.92 Å². The molecule has 0 aromatic carbocycles. The van der Waals surface area contributed by atoms with Crippen LogP contribution in [0.3, 0.4) is 0 Å². The number of nitrogens with zero attached hydrogens (tertiary/aromatic N) is 2. The molecule has 0 radical (unpaired) electrons. The quantitative estimate of drug-likeness (QED) is 0.481. The minimum Gasteiger partial charge on any atom is -0.465 e. The van der Waals surface area contributed by atoms with Gasteiger partial charge in [-0.3, -0.25) is 0 Å². The molecule has 0 aliphatic carbocycles. The second kappa shape index (κ2) is 4.91. The van der Waals surface area contributed by atoms with Crippen molar-refractivity contribution < 1.29 is 35.3 Å². The lowest BCUT2D eigenvalue weighted by molar-refractivity contribution is -0.0501. The van der Waals surface area contributed by atoms with E-state index >= 15 is 0 Å². The molecule has 0 spiro atoms. The minimum atomic E-state index is -5.80. The molecule has 21 heavy (non-hydrogen) atoms. The van der Waals surface area contributed by atoms with Gasteiger partial charge in [-0.15, -0.1) is 5.10 Å². The summed E-state index contributed by atoms with van der Waals surface area (Å²) < 4.78 is 67.6. The smallest absolute Gasteiger partial charge is 0.465 e. The molecule has 0 unspecified atom stereocenters. The van der Waals surface area contributed by atoms with Gasteiger partial charge in [-0.2, -0.15) is 21.6 Å². The monoisotopic (exact) mass is 324 g/mol. The zero-order valence-corrected chi connectivity index (χ0v) is 11.1. The van der Waals surface area contributed by atoms with Crippen LogP contribution >= 0.6 is 0 Å². The standard InChI is InChI=1S/C10H7F3N2O5S/c1-19-9(16)6-2-3-7-4-8(14-15(7)5-6)20-21(17,18)10(11,12)13/h2-5H,1H3. The summed E-state index contributed by atoms with van der Waals surface area (Å²) in [5.41, 5.74) is -5.24. The number of ether oxygens (including phenoxy) is 1. The summed E-state index contributed by atoms with van der Waals surface area (Å²) in [5, 5.41) is 3.50. The molecule has 2 rings (SSSR count). The van der Waals surface area contributed by atoms with E-state index in [4.69, 9.17) is 0 Å². The molecule has 0 amide bonds. The molecule has 2 aromatic heterocycles. The molecule has 0 N–H and O–H groups in total. The fourth-order valence-electron chi connectivity index (χ4n) is 1.40. The number of methoxy groups -OCH3 is 1. The fourth-order valence-corrected chi connectivity index (χ4v) is 1.80. The maximum absolute atomic E-state index is 12.2. The number of alkyl halides is 3. The summed E-state index contributed by atoms with van der Waals surface area (Å²) in [6.07, 6.45) is 1.16. The van der Waals surface area contributed by atoms with Crippen molar-refractivity contribution in [2.24, 2.45) is 0 Å². The lowest BCUT2D eigenvalue weighted by Crippen LogP contribution is -2.28. The maximum atomic E-state index is 12.2. The largest absolute Gasteiger partial charge is 0.534 e. The average Bonchev–Trinajstić information content (AvgIpc) is 2.76. The third-order valence-electron chi connectivity index (χ3n) is 2.34. The first-order valence-corrected chi connectivity index (χ1v) is 6.63. The van der Waals surface area contributed by atoms with Crippen molar-refractivity contribution in [2.75, 3.05) is 7.11 Å². The number of carbonyl (C=O) groups excluding carboxylic acids is 1. The predicted molar refractivity (Wildman–Crippen MR) is 62.1 cm³/mol. The maximum Gasteiger partial charge on any atom is 0.534 e. The molecule has 0 bridgehead atoms. The molecule has 0 atom stereocenters. The number of carbonyl (C=O) groups is 1. The Balaban J connectivity index is 2.38. The summed E-state index contributed by atoms with van der Waals surface area (Å²) in [5.74, 6) is -1.45. The molecule has 11 heteroatoms. The van der Waals surface area contributed by atoms with Crippen LogP contribution in [-0.4, -0.2) is 36.6 Å². The molecular weight excluding hydrogens is 317 g/mol. The van der Waals surface area contributed by atoms with Gasteiger partial charge in [-0.25, -0.2) is 9.31 Å². The van der Waals surface area contributed by atoms with E-state index in [0.717, 1.165) is 23.9 Å². The number of fused-ring (bicyclic) bond motifs is 1. The summed E-state index contributed by atoms with van der Waals surface area (Å²) >= 11 is 0. The Morgan fingerprint density at radius 1 is 1.33 bits per heavy atom. The highest BCUT2D eigenvalue weighted by Crippen LogP contribution is 2.26. The van der Waals surface area contributed by atoms with E-state index in [1.165, 1.54) is 12.1 Å². The summed E-state index contributed by atoms with van der Waals surface area (Å²) in [7, 11) is -4.64. The molecule has 0 fully saturated rings. The second-order valence-electron chi connectivity index (χ2n) is 3.74. The molecule has 0 aliphatic rings. The van der Waals surface area contributed by atoms with Gasteiger partial charge in [0.2, 0.25) is 0 Å². The van der Waals surface area contributed by atoms with Crippen LogP contribution in [0, 0.1) is 0 Å². The van der Waals surface area contributed by atoms with Gasteiger partial charge in [0, 0.05) is 12.3 Å². The first-order chi connectivity index (χ1) is 9.64. The Morgan fingerprint density at radius 2 is 2.00 bits per heavy atom. The normalized spacial score (nSPS) is 12.4. The van der Waals surface area contributed by atoms with Crippen LogP contribution in [0.25, 0.3) is 5.52 Å². The Kier molecular flexibility index (Phi) is 3.53. The van der Waals surface area contributed by atoms with E-state index in [1.54, 1.807) is 0 Å². The Bertz CT molecular complexity index is 797. The van der Waals surface area contributed by atoms with E-state index in [2.05, 4.69) is 14.0 Å². The first kappa shape index (κ1) is 15.1. The van der Waals surface area contributed by atoms with Crippen LogP contribution in [0.2, 0.25) is 0 Å². The van der Waals surface area contributed by atoms with Crippen LogP contribution in [0.15, 0.2) is 24.4 Å². The second-order valence-corrected chi connectivity index (χ2v) is 5.28. The lowest BCUT2D eigenvalue weighted by Gasteiger charge is -2.06. The SMILES string of the molecule is COC(=O)c1ccc2cc(OS(=O)(=O)C(F)(F)F)nn2c1. The van der Waals surface area contributed by atoms with Crippen molar-refractivity contribution in [3.63, 3.8) is 0 Å². The molecular formula is C10H7F3N2O5S.